The van der Waals surface area contributed by atoms with Gasteiger partial charge >= 0.3 is 0 Å². The average molecular weight is 421 g/mol. The summed E-state index contributed by atoms with van der Waals surface area (Å²) in [4.78, 5) is 13.2. The number of nitrogens with zero attached hydrogens (tertiary/aromatic N) is 3. The van der Waals surface area contributed by atoms with Crippen LogP contribution in [0, 0.1) is 0 Å². The minimum Gasteiger partial charge on any atom is -0.497 e. The summed E-state index contributed by atoms with van der Waals surface area (Å²) in [5, 5.41) is 7.19. The van der Waals surface area contributed by atoms with Gasteiger partial charge in [0.1, 0.15) is 17.8 Å². The highest BCUT2D eigenvalue weighted by molar-refractivity contribution is 7.22. The molecule has 0 atom stereocenters. The summed E-state index contributed by atoms with van der Waals surface area (Å²) < 4.78 is 6.30. The van der Waals surface area contributed by atoms with Crippen LogP contribution < -0.4 is 21.1 Å². The first-order valence-corrected chi connectivity index (χ1v) is 10.7. The molecule has 30 heavy (non-hydrogen) atoms. The summed E-state index contributed by atoms with van der Waals surface area (Å²) in [6, 6.07) is 14.1. The summed E-state index contributed by atoms with van der Waals surface area (Å²) in [7, 11) is 1.65. The third kappa shape index (κ3) is 4.44. The molecule has 2 heterocycles. The Morgan fingerprint density at radius 2 is 1.80 bits per heavy atom. The highest BCUT2D eigenvalue weighted by atomic mass is 32.1. The number of nitrogens with one attached hydrogen (secondary N) is 2. The molecule has 0 saturated carbocycles. The number of hydrogen-bond acceptors (Lipinski definition) is 8. The third-order valence-corrected chi connectivity index (χ3v) is 5.67. The van der Waals surface area contributed by atoms with E-state index in [2.05, 4.69) is 44.6 Å². The first-order valence-electron chi connectivity index (χ1n) is 9.84. The van der Waals surface area contributed by atoms with Crippen molar-refractivity contribution in [1.29, 1.82) is 0 Å². The Balaban J connectivity index is 1.51. The van der Waals surface area contributed by atoms with Gasteiger partial charge in [-0.3, -0.25) is 0 Å². The number of aromatic nitrogens is 3. The van der Waals surface area contributed by atoms with E-state index in [0.29, 0.717) is 22.5 Å². The number of methoxy groups -OCH3 is 1. The molecule has 2 aromatic heterocycles. The molecule has 2 aromatic carbocycles. The van der Waals surface area contributed by atoms with E-state index >= 15 is 0 Å². The normalized spacial score (nSPS) is 10.9. The lowest BCUT2D eigenvalue weighted by Gasteiger charge is -2.11. The Morgan fingerprint density at radius 1 is 1.03 bits per heavy atom. The van der Waals surface area contributed by atoms with Gasteiger partial charge in [-0.1, -0.05) is 36.8 Å². The van der Waals surface area contributed by atoms with Crippen molar-refractivity contribution in [3.63, 3.8) is 0 Å². The second-order valence-corrected chi connectivity index (χ2v) is 7.92. The van der Waals surface area contributed by atoms with Crippen LogP contribution in [0.1, 0.15) is 25.3 Å². The zero-order chi connectivity index (χ0) is 20.9. The van der Waals surface area contributed by atoms with E-state index in [1.807, 2.05) is 30.3 Å². The summed E-state index contributed by atoms with van der Waals surface area (Å²) in [5.41, 5.74) is 9.90. The lowest BCUT2D eigenvalue weighted by Crippen LogP contribution is -2.05. The van der Waals surface area contributed by atoms with Gasteiger partial charge in [0, 0.05) is 5.69 Å². The molecule has 4 rings (SSSR count). The van der Waals surface area contributed by atoms with Crippen molar-refractivity contribution in [3.8, 4) is 5.75 Å². The molecule has 0 fully saturated rings. The van der Waals surface area contributed by atoms with E-state index in [0.717, 1.165) is 28.1 Å². The smallest absolute Gasteiger partial charge is 0.189 e. The van der Waals surface area contributed by atoms with Crippen molar-refractivity contribution < 1.29 is 4.74 Å². The molecule has 0 aliphatic heterocycles. The van der Waals surface area contributed by atoms with E-state index in [1.165, 1.54) is 36.1 Å². The minimum atomic E-state index is 0.435. The Labute approximate surface area is 179 Å². The number of nitrogen functional groups attached to an aromatic ring is 1. The van der Waals surface area contributed by atoms with Crippen LogP contribution in [0.4, 0.5) is 28.1 Å². The second-order valence-electron chi connectivity index (χ2n) is 6.89. The summed E-state index contributed by atoms with van der Waals surface area (Å²) in [6.45, 7) is 2.20. The largest absolute Gasteiger partial charge is 0.497 e. The summed E-state index contributed by atoms with van der Waals surface area (Å²) in [6.07, 6.45) is 4.95. The Kier molecular flexibility index (Phi) is 5.94. The van der Waals surface area contributed by atoms with Gasteiger partial charge in [0.25, 0.3) is 0 Å². The van der Waals surface area contributed by atoms with Crippen molar-refractivity contribution in [1.82, 2.24) is 15.0 Å². The Hall–Kier alpha value is -3.39. The number of thiazole rings is 1. The molecule has 8 heteroatoms. The zero-order valence-electron chi connectivity index (χ0n) is 17.0. The molecule has 0 spiro atoms. The maximum absolute atomic E-state index is 6.32. The molecule has 0 aliphatic carbocycles. The molecular weight excluding hydrogens is 396 g/mol. The topological polar surface area (TPSA) is 98.0 Å². The zero-order valence-corrected chi connectivity index (χ0v) is 17.8. The van der Waals surface area contributed by atoms with Crippen LogP contribution in [-0.2, 0) is 6.42 Å². The number of hydrogen-bond donors (Lipinski definition) is 3. The second kappa shape index (κ2) is 8.96. The molecule has 7 nitrogen and oxygen atoms in total. The fourth-order valence-electron chi connectivity index (χ4n) is 3.05. The molecule has 0 unspecified atom stereocenters. The minimum absolute atomic E-state index is 0.435. The Morgan fingerprint density at radius 3 is 2.53 bits per heavy atom. The van der Waals surface area contributed by atoms with Crippen molar-refractivity contribution >= 4 is 49.7 Å². The molecule has 0 saturated heterocycles. The van der Waals surface area contributed by atoms with E-state index in [-0.39, 0.29) is 0 Å². The summed E-state index contributed by atoms with van der Waals surface area (Å²) in [5.74, 6) is 1.86. The number of fused-ring (bicyclic) bond motifs is 1. The maximum Gasteiger partial charge on any atom is 0.189 e. The molecule has 4 aromatic rings. The molecule has 0 amide bonds. The van der Waals surface area contributed by atoms with Gasteiger partial charge in [-0.25, -0.2) is 15.0 Å². The highest BCUT2D eigenvalue weighted by Crippen LogP contribution is 2.33. The fourth-order valence-corrected chi connectivity index (χ4v) is 3.95. The van der Waals surface area contributed by atoms with E-state index in [1.54, 1.807) is 7.11 Å². The van der Waals surface area contributed by atoms with E-state index in [9.17, 15) is 0 Å². The lowest BCUT2D eigenvalue weighted by atomic mass is 10.1. The van der Waals surface area contributed by atoms with Crippen LogP contribution in [0.2, 0.25) is 0 Å². The van der Waals surface area contributed by atoms with Crippen molar-refractivity contribution in [3.05, 3.63) is 54.4 Å². The van der Waals surface area contributed by atoms with Gasteiger partial charge in [0.05, 0.1) is 17.3 Å². The number of aryl methyl sites for hydroxylation is 1. The van der Waals surface area contributed by atoms with Gasteiger partial charge in [-0.15, -0.1) is 0 Å². The number of benzene rings is 2. The van der Waals surface area contributed by atoms with Crippen molar-refractivity contribution in [2.24, 2.45) is 0 Å². The fraction of sp³-hybridized carbons (Fsp3) is 0.227. The van der Waals surface area contributed by atoms with Crippen LogP contribution in [0.15, 0.2) is 48.8 Å². The third-order valence-electron chi connectivity index (χ3n) is 4.74. The van der Waals surface area contributed by atoms with Gasteiger partial charge in [-0.2, -0.15) is 0 Å². The van der Waals surface area contributed by atoms with Gasteiger partial charge in [-0.05, 0) is 48.7 Å². The monoisotopic (exact) mass is 420 g/mol. The number of anilines is 5. The first kappa shape index (κ1) is 19.9. The number of nitrogens with two attached hydrogens (primary N) is 1. The van der Waals surface area contributed by atoms with Gasteiger partial charge < -0.3 is 21.1 Å². The highest BCUT2D eigenvalue weighted by Gasteiger charge is 2.12. The average Bonchev–Trinajstić information content (AvgIpc) is 3.17. The standard InChI is InChI=1S/C22H24N6OS/c1-3-4-5-14-6-8-15(9-7-14)26-20-19(23)21(25-13-24-20)28-22-27-17-11-10-16(29-2)12-18(17)30-22/h6-13H,3-5,23H2,1-2H3,(H2,24,25,26,27,28). The lowest BCUT2D eigenvalue weighted by molar-refractivity contribution is 0.415. The van der Waals surface area contributed by atoms with Gasteiger partial charge in [0.2, 0.25) is 0 Å². The van der Waals surface area contributed by atoms with E-state index < -0.39 is 0 Å². The van der Waals surface area contributed by atoms with Crippen molar-refractivity contribution in [2.75, 3.05) is 23.5 Å². The van der Waals surface area contributed by atoms with Crippen LogP contribution in [0.25, 0.3) is 10.2 Å². The molecule has 0 aliphatic rings. The molecule has 0 radical (unpaired) electrons. The summed E-state index contributed by atoms with van der Waals surface area (Å²) >= 11 is 1.51. The van der Waals surface area contributed by atoms with E-state index in [4.69, 9.17) is 10.5 Å². The molecule has 4 N–H and O–H groups in total. The predicted molar refractivity (Wildman–Crippen MR) is 124 cm³/mol. The first-order chi connectivity index (χ1) is 14.7. The SMILES string of the molecule is CCCCc1ccc(Nc2ncnc(Nc3nc4ccc(OC)cc4s3)c2N)cc1. The van der Waals surface area contributed by atoms with Gasteiger partial charge in [0.15, 0.2) is 16.8 Å². The maximum atomic E-state index is 6.32. The quantitative estimate of drug-likeness (QED) is 0.346. The van der Waals surface area contributed by atoms with Crippen molar-refractivity contribution in [2.45, 2.75) is 26.2 Å². The Bertz CT molecular complexity index is 1140. The van der Waals surface area contributed by atoms with Crippen LogP contribution in [0.5, 0.6) is 5.75 Å². The van der Waals surface area contributed by atoms with Crippen LogP contribution in [-0.4, -0.2) is 22.1 Å². The van der Waals surface area contributed by atoms with Crippen LogP contribution >= 0.6 is 11.3 Å². The van der Waals surface area contributed by atoms with Crippen LogP contribution in [0.3, 0.4) is 0 Å². The number of unbranched alkanes of at least 4 members (excludes halogenated alkanes) is 1. The number of rotatable bonds is 8. The predicted octanol–water partition coefficient (Wildman–Crippen LogP) is 5.51. The molecule has 0 bridgehead atoms. The molecular formula is C22H24N6OS. The number of ether oxygens (including phenoxy) is 1. The molecule has 154 valence electrons.